The summed E-state index contributed by atoms with van der Waals surface area (Å²) in [6, 6.07) is -0.511. The Morgan fingerprint density at radius 1 is 0.675 bits per heavy atom. The molecule has 0 aromatic rings. The summed E-state index contributed by atoms with van der Waals surface area (Å²) < 4.78 is 0. The van der Waals surface area contributed by atoms with Gasteiger partial charge in [-0.15, -0.1) is 0 Å². The molecule has 1 atom stereocenters. The van der Waals surface area contributed by atoms with Gasteiger partial charge < -0.3 is 31.7 Å². The minimum absolute atomic E-state index is 0.105. The second-order valence-corrected chi connectivity index (χ2v) is 10.4. The lowest BCUT2D eigenvalue weighted by atomic mass is 10.1. The number of hydrogen-bond donors (Lipinski definition) is 6. The van der Waals surface area contributed by atoms with E-state index < -0.39 is 23.9 Å². The van der Waals surface area contributed by atoms with Crippen LogP contribution in [0.5, 0.6) is 0 Å². The lowest BCUT2D eigenvalue weighted by Gasteiger charge is -2.33. The summed E-state index contributed by atoms with van der Waals surface area (Å²) in [5.74, 6) is -2.97. The van der Waals surface area contributed by atoms with Gasteiger partial charge in [-0.05, 0) is 25.8 Å². The zero-order valence-corrected chi connectivity index (χ0v) is 24.1. The van der Waals surface area contributed by atoms with E-state index in [1.165, 1.54) is 0 Å². The van der Waals surface area contributed by atoms with Crippen LogP contribution in [0.2, 0.25) is 0 Å². The molecule has 0 aromatic carbocycles. The number of nitrogens with zero attached hydrogens (tertiary/aromatic N) is 4. The second kappa shape index (κ2) is 21.4. The van der Waals surface area contributed by atoms with Gasteiger partial charge in [0.1, 0.15) is 0 Å². The van der Waals surface area contributed by atoms with Gasteiger partial charge in [-0.1, -0.05) is 26.2 Å². The van der Waals surface area contributed by atoms with E-state index in [1.54, 1.807) is 14.7 Å². The summed E-state index contributed by atoms with van der Waals surface area (Å²) in [4.78, 5) is 53.6. The fourth-order valence-corrected chi connectivity index (χ4v) is 4.49. The molecule has 1 fully saturated rings. The quantitative estimate of drug-likeness (QED) is 0.107. The summed E-state index contributed by atoms with van der Waals surface area (Å²) in [6.45, 7) is 7.23. The van der Waals surface area contributed by atoms with Crippen LogP contribution in [0.15, 0.2) is 0 Å². The van der Waals surface area contributed by atoms with Gasteiger partial charge in [0.15, 0.2) is 0 Å². The molecule has 0 radical (unpaired) electrons. The highest BCUT2D eigenvalue weighted by atomic mass is 16.4. The number of carbonyl (C=O) groups excluding carboxylic acids is 1. The van der Waals surface area contributed by atoms with E-state index >= 15 is 0 Å². The van der Waals surface area contributed by atoms with Crippen molar-refractivity contribution in [2.24, 2.45) is 5.73 Å². The number of unbranched alkanes of at least 4 members (excludes halogenated alkanes) is 3. The van der Waals surface area contributed by atoms with E-state index in [9.17, 15) is 34.5 Å². The lowest BCUT2D eigenvalue weighted by Crippen LogP contribution is -2.49. The first-order valence-electron chi connectivity index (χ1n) is 14.4. The van der Waals surface area contributed by atoms with Gasteiger partial charge in [-0.2, -0.15) is 0 Å². The molecule has 14 nitrogen and oxygen atoms in total. The molecule has 232 valence electrons. The Labute approximate surface area is 237 Å². The summed E-state index contributed by atoms with van der Waals surface area (Å²) in [7, 11) is 0. The predicted molar refractivity (Wildman–Crippen MR) is 151 cm³/mol. The first-order chi connectivity index (χ1) is 19.1. The van der Waals surface area contributed by atoms with Crippen LogP contribution >= 0.6 is 0 Å². The molecule has 1 saturated heterocycles. The van der Waals surface area contributed by atoms with E-state index in [0.29, 0.717) is 72.0 Å². The standard InChI is InChI=1S/C26H51N7O7/c1-2-3-5-9-29-26(40)22(27)7-4-6-8-28-21-33-16-14-31(19-24(36)37)12-10-30(18-23(34)35)11-13-32(15-17-33)20-25(38)39/h22,28H,2-21,27H2,1H3,(H,29,40)(H,34,35)(H,36,37)(H,38,39)/t22-/m1/s1. The van der Waals surface area contributed by atoms with Crippen LogP contribution in [0.25, 0.3) is 0 Å². The van der Waals surface area contributed by atoms with Crippen LogP contribution in [0.4, 0.5) is 0 Å². The van der Waals surface area contributed by atoms with Crippen molar-refractivity contribution in [3.8, 4) is 0 Å². The Kier molecular flexibility index (Phi) is 19.1. The highest BCUT2D eigenvalue weighted by Gasteiger charge is 2.20. The molecule has 1 rings (SSSR count). The van der Waals surface area contributed by atoms with Crippen LogP contribution in [0, 0.1) is 0 Å². The number of nitrogens with two attached hydrogens (primary N) is 1. The Bertz CT molecular complexity index is 727. The molecule has 14 heteroatoms. The van der Waals surface area contributed by atoms with Gasteiger partial charge in [0.25, 0.3) is 0 Å². The molecule has 0 spiro atoms. The van der Waals surface area contributed by atoms with Gasteiger partial charge in [0.05, 0.1) is 25.7 Å². The summed E-state index contributed by atoms with van der Waals surface area (Å²) >= 11 is 0. The molecule has 7 N–H and O–H groups in total. The highest BCUT2D eigenvalue weighted by Crippen LogP contribution is 2.02. The minimum atomic E-state index is -0.980. The van der Waals surface area contributed by atoms with Crippen molar-refractivity contribution >= 4 is 23.8 Å². The average Bonchev–Trinajstić information content (AvgIpc) is 2.88. The lowest BCUT2D eigenvalue weighted by molar-refractivity contribution is -0.140. The fourth-order valence-electron chi connectivity index (χ4n) is 4.49. The number of carbonyl (C=O) groups is 4. The molecule has 0 aromatic heterocycles. The van der Waals surface area contributed by atoms with E-state index in [0.717, 1.165) is 38.6 Å². The molecular formula is C26H51N7O7. The van der Waals surface area contributed by atoms with Crippen molar-refractivity contribution in [3.63, 3.8) is 0 Å². The molecule has 1 aliphatic heterocycles. The van der Waals surface area contributed by atoms with E-state index in [-0.39, 0.29) is 25.5 Å². The Balaban J connectivity index is 2.59. The maximum Gasteiger partial charge on any atom is 0.317 e. The maximum atomic E-state index is 12.1. The van der Waals surface area contributed by atoms with Crippen molar-refractivity contribution in [3.05, 3.63) is 0 Å². The van der Waals surface area contributed by atoms with Gasteiger partial charge in [-0.25, -0.2) is 0 Å². The second-order valence-electron chi connectivity index (χ2n) is 10.4. The van der Waals surface area contributed by atoms with Crippen LogP contribution in [0.1, 0.15) is 45.4 Å². The van der Waals surface area contributed by atoms with Crippen molar-refractivity contribution in [2.45, 2.75) is 51.5 Å². The molecule has 0 saturated carbocycles. The van der Waals surface area contributed by atoms with Crippen LogP contribution < -0.4 is 16.4 Å². The monoisotopic (exact) mass is 573 g/mol. The number of amides is 1. The van der Waals surface area contributed by atoms with Crippen LogP contribution in [0.3, 0.4) is 0 Å². The number of carboxylic acids is 3. The Morgan fingerprint density at radius 2 is 1.10 bits per heavy atom. The predicted octanol–water partition coefficient (Wildman–Crippen LogP) is -1.19. The SMILES string of the molecule is CCCCCNC(=O)[C@H](N)CCCCNCN1CCN(CC(=O)O)CCN(CC(=O)O)CCN(CC(=O)O)CC1. The number of hydrogen-bond acceptors (Lipinski definition) is 10. The maximum absolute atomic E-state index is 12.1. The van der Waals surface area contributed by atoms with Crippen molar-refractivity contribution in [2.75, 3.05) is 91.8 Å². The molecule has 0 bridgehead atoms. The minimum Gasteiger partial charge on any atom is -0.480 e. The summed E-state index contributed by atoms with van der Waals surface area (Å²) in [5, 5.41) is 34.2. The molecule has 0 unspecified atom stereocenters. The Hall–Kier alpha value is -2.36. The molecule has 1 aliphatic rings. The summed E-state index contributed by atoms with van der Waals surface area (Å²) in [5.41, 5.74) is 6.01. The van der Waals surface area contributed by atoms with Gasteiger partial charge in [0.2, 0.25) is 5.91 Å². The first-order valence-corrected chi connectivity index (χ1v) is 14.4. The zero-order chi connectivity index (χ0) is 29.8. The molecule has 40 heavy (non-hydrogen) atoms. The molecule has 1 heterocycles. The topological polar surface area (TPSA) is 192 Å². The number of aliphatic carboxylic acids is 3. The van der Waals surface area contributed by atoms with E-state index in [1.807, 2.05) is 0 Å². The number of rotatable bonds is 18. The fraction of sp³-hybridized carbons (Fsp3) is 0.846. The Morgan fingerprint density at radius 3 is 1.52 bits per heavy atom. The van der Waals surface area contributed by atoms with Gasteiger partial charge >= 0.3 is 17.9 Å². The highest BCUT2D eigenvalue weighted by molar-refractivity contribution is 5.81. The van der Waals surface area contributed by atoms with E-state index in [4.69, 9.17) is 5.73 Å². The molecule has 1 amide bonds. The van der Waals surface area contributed by atoms with Crippen molar-refractivity contribution in [1.29, 1.82) is 0 Å². The van der Waals surface area contributed by atoms with Crippen LogP contribution in [-0.4, -0.2) is 157 Å². The van der Waals surface area contributed by atoms with Crippen molar-refractivity contribution in [1.82, 2.24) is 30.2 Å². The third-order valence-corrected chi connectivity index (χ3v) is 6.88. The molecule has 0 aliphatic carbocycles. The smallest absolute Gasteiger partial charge is 0.317 e. The van der Waals surface area contributed by atoms with E-state index in [2.05, 4.69) is 22.5 Å². The largest absolute Gasteiger partial charge is 0.480 e. The summed E-state index contributed by atoms with van der Waals surface area (Å²) in [6.07, 6.45) is 5.40. The zero-order valence-electron chi connectivity index (χ0n) is 24.1. The number of carboxylic acid groups (broad SMARTS) is 3. The van der Waals surface area contributed by atoms with Gasteiger partial charge in [-0.3, -0.25) is 38.8 Å². The molecular weight excluding hydrogens is 522 g/mol. The number of nitrogens with one attached hydrogen (secondary N) is 2. The van der Waals surface area contributed by atoms with Crippen molar-refractivity contribution < 1.29 is 34.5 Å². The first kappa shape index (κ1) is 35.7. The van der Waals surface area contributed by atoms with Crippen LogP contribution in [-0.2, 0) is 19.2 Å². The van der Waals surface area contributed by atoms with Gasteiger partial charge in [0, 0.05) is 65.6 Å². The third kappa shape index (κ3) is 18.1. The normalized spacial score (nSPS) is 17.9. The third-order valence-electron chi connectivity index (χ3n) is 6.88. The average molecular weight is 574 g/mol.